The molecule has 0 bridgehead atoms. The zero-order chi connectivity index (χ0) is 16.3. The van der Waals surface area contributed by atoms with Gasteiger partial charge in [-0.05, 0) is 29.7 Å². The quantitative estimate of drug-likeness (QED) is 0.867. The summed E-state index contributed by atoms with van der Waals surface area (Å²) in [5, 5.41) is 9.02. The number of carbonyl (C=O) groups excluding carboxylic acids is 1. The van der Waals surface area contributed by atoms with Crippen LogP contribution < -0.4 is 11.3 Å². The zero-order valence-electron chi connectivity index (χ0n) is 12.1. The molecule has 114 valence electrons. The number of carboxylic acid groups (broad SMARTS) is 1. The molecule has 0 atom stereocenters. The summed E-state index contributed by atoms with van der Waals surface area (Å²) < 4.78 is 1.09. The second-order valence-corrected chi connectivity index (χ2v) is 4.85. The maximum absolute atomic E-state index is 12.2. The number of benzene rings is 1. The number of carboxylic acids is 1. The van der Waals surface area contributed by atoms with Gasteiger partial charge in [0.05, 0.1) is 5.69 Å². The number of aromatic carboxylic acids is 1. The first kappa shape index (κ1) is 15.5. The van der Waals surface area contributed by atoms with Gasteiger partial charge in [0.25, 0.3) is 5.56 Å². The Hall–Kier alpha value is -2.89. The molecule has 0 unspecified atom stereocenters. The van der Waals surface area contributed by atoms with Crippen LogP contribution in [0.5, 0.6) is 0 Å². The van der Waals surface area contributed by atoms with Crippen molar-refractivity contribution in [3.8, 4) is 11.3 Å². The summed E-state index contributed by atoms with van der Waals surface area (Å²) in [5.74, 6) is -2.05. The number of pyridine rings is 1. The molecule has 0 aliphatic rings. The van der Waals surface area contributed by atoms with Crippen LogP contribution in [0.4, 0.5) is 0 Å². The van der Waals surface area contributed by atoms with E-state index in [0.29, 0.717) is 11.3 Å². The van der Waals surface area contributed by atoms with Crippen LogP contribution in [0.15, 0.2) is 41.2 Å². The Morgan fingerprint density at radius 3 is 2.27 bits per heavy atom. The number of nitrogens with two attached hydrogens (primary N) is 1. The summed E-state index contributed by atoms with van der Waals surface area (Å²) in [6.07, 6.45) is 0.881. The van der Waals surface area contributed by atoms with Gasteiger partial charge in [0.2, 0.25) is 5.91 Å². The molecule has 0 saturated carbocycles. The second-order valence-electron chi connectivity index (χ2n) is 4.85. The molecule has 2 rings (SSSR count). The van der Waals surface area contributed by atoms with Crippen molar-refractivity contribution in [1.82, 2.24) is 4.57 Å². The van der Waals surface area contributed by atoms with Gasteiger partial charge in [0.1, 0.15) is 12.1 Å². The highest BCUT2D eigenvalue weighted by Gasteiger charge is 2.16. The predicted octanol–water partition coefficient (Wildman–Crippen LogP) is 1.26. The van der Waals surface area contributed by atoms with Crippen LogP contribution in [0.3, 0.4) is 0 Å². The molecule has 6 nitrogen and oxygen atoms in total. The van der Waals surface area contributed by atoms with Crippen molar-refractivity contribution in [3.05, 3.63) is 57.9 Å². The van der Waals surface area contributed by atoms with E-state index in [1.54, 1.807) is 0 Å². The summed E-state index contributed by atoms with van der Waals surface area (Å²) >= 11 is 0. The van der Waals surface area contributed by atoms with E-state index in [0.717, 1.165) is 16.6 Å². The molecule has 0 saturated heterocycles. The number of carbonyl (C=O) groups is 2. The van der Waals surface area contributed by atoms with Crippen LogP contribution in [0.25, 0.3) is 11.3 Å². The maximum atomic E-state index is 12.2. The Labute approximate surface area is 126 Å². The molecule has 22 heavy (non-hydrogen) atoms. The first-order valence-electron chi connectivity index (χ1n) is 6.78. The van der Waals surface area contributed by atoms with Crippen molar-refractivity contribution >= 4 is 11.9 Å². The van der Waals surface area contributed by atoms with E-state index in [1.807, 2.05) is 31.2 Å². The molecular formula is C16H16N2O4. The number of hydrogen-bond donors (Lipinski definition) is 2. The zero-order valence-corrected chi connectivity index (χ0v) is 12.1. The lowest BCUT2D eigenvalue weighted by atomic mass is 10.1. The van der Waals surface area contributed by atoms with E-state index in [4.69, 9.17) is 10.8 Å². The molecule has 0 fully saturated rings. The summed E-state index contributed by atoms with van der Waals surface area (Å²) in [6.45, 7) is 1.66. The summed E-state index contributed by atoms with van der Waals surface area (Å²) in [6, 6.07) is 10.2. The Morgan fingerprint density at radius 1 is 1.14 bits per heavy atom. The highest BCUT2D eigenvalue weighted by molar-refractivity contribution is 5.87. The normalized spacial score (nSPS) is 10.4. The van der Waals surface area contributed by atoms with Crippen LogP contribution in [0, 0.1) is 0 Å². The van der Waals surface area contributed by atoms with Crippen molar-refractivity contribution in [2.45, 2.75) is 19.9 Å². The summed E-state index contributed by atoms with van der Waals surface area (Å²) in [5.41, 5.74) is 6.33. The molecule has 1 amide bonds. The van der Waals surface area contributed by atoms with Crippen molar-refractivity contribution in [2.24, 2.45) is 5.73 Å². The van der Waals surface area contributed by atoms with Crippen LogP contribution >= 0.6 is 0 Å². The highest BCUT2D eigenvalue weighted by Crippen LogP contribution is 2.19. The number of nitrogens with zero attached hydrogens (tertiary/aromatic N) is 1. The Morgan fingerprint density at radius 2 is 1.77 bits per heavy atom. The van der Waals surface area contributed by atoms with Gasteiger partial charge < -0.3 is 10.8 Å². The van der Waals surface area contributed by atoms with E-state index in [9.17, 15) is 14.4 Å². The average Bonchev–Trinajstić information content (AvgIpc) is 2.48. The monoisotopic (exact) mass is 300 g/mol. The molecular weight excluding hydrogens is 284 g/mol. The Bertz CT molecular complexity index is 776. The third-order valence-electron chi connectivity index (χ3n) is 3.38. The molecule has 1 aromatic carbocycles. The fourth-order valence-corrected chi connectivity index (χ4v) is 2.22. The first-order valence-corrected chi connectivity index (χ1v) is 6.78. The van der Waals surface area contributed by atoms with Gasteiger partial charge in [-0.1, -0.05) is 31.2 Å². The topological polar surface area (TPSA) is 102 Å². The number of aromatic nitrogens is 1. The van der Waals surface area contributed by atoms with Gasteiger partial charge in [-0.15, -0.1) is 0 Å². The SMILES string of the molecule is CCc1ccc(-c2ccc(C(=O)O)c(=O)n2CC(N)=O)cc1. The molecule has 0 aliphatic heterocycles. The maximum Gasteiger partial charge on any atom is 0.341 e. The molecule has 1 heterocycles. The van der Waals surface area contributed by atoms with E-state index >= 15 is 0 Å². The molecule has 6 heteroatoms. The lowest BCUT2D eigenvalue weighted by molar-refractivity contribution is -0.118. The van der Waals surface area contributed by atoms with Crippen LogP contribution in [-0.2, 0) is 17.8 Å². The third-order valence-corrected chi connectivity index (χ3v) is 3.38. The van der Waals surface area contributed by atoms with Gasteiger partial charge in [-0.3, -0.25) is 14.2 Å². The van der Waals surface area contributed by atoms with Gasteiger partial charge in [-0.25, -0.2) is 4.79 Å². The van der Waals surface area contributed by atoms with Crippen molar-refractivity contribution < 1.29 is 14.7 Å². The van der Waals surface area contributed by atoms with Crippen LogP contribution in [0.1, 0.15) is 22.8 Å². The number of amides is 1. The van der Waals surface area contributed by atoms with Gasteiger partial charge in [-0.2, -0.15) is 0 Å². The lowest BCUT2D eigenvalue weighted by Crippen LogP contribution is -2.32. The smallest absolute Gasteiger partial charge is 0.341 e. The minimum absolute atomic E-state index is 0.370. The highest BCUT2D eigenvalue weighted by atomic mass is 16.4. The predicted molar refractivity (Wildman–Crippen MR) is 81.7 cm³/mol. The van der Waals surface area contributed by atoms with Gasteiger partial charge in [0, 0.05) is 0 Å². The first-order chi connectivity index (χ1) is 10.4. The molecule has 0 radical (unpaired) electrons. The summed E-state index contributed by atoms with van der Waals surface area (Å²) in [7, 11) is 0. The minimum Gasteiger partial charge on any atom is -0.477 e. The van der Waals surface area contributed by atoms with E-state index in [1.165, 1.54) is 12.1 Å². The van der Waals surface area contributed by atoms with E-state index in [-0.39, 0.29) is 6.54 Å². The third kappa shape index (κ3) is 3.06. The minimum atomic E-state index is -1.34. The van der Waals surface area contributed by atoms with Crippen LogP contribution in [-0.4, -0.2) is 21.6 Å². The molecule has 0 aliphatic carbocycles. The Kier molecular flexibility index (Phi) is 4.41. The molecule has 3 N–H and O–H groups in total. The molecule has 1 aromatic heterocycles. The number of hydrogen-bond acceptors (Lipinski definition) is 3. The molecule has 0 spiro atoms. The fraction of sp³-hybridized carbons (Fsp3) is 0.188. The number of rotatable bonds is 5. The standard InChI is InChI=1S/C16H16N2O4/c1-2-10-3-5-11(6-4-10)13-8-7-12(16(21)22)15(20)18(13)9-14(17)19/h3-8H,2,9H2,1H3,(H2,17,19)(H,21,22). The number of primary amides is 1. The fourth-order valence-electron chi connectivity index (χ4n) is 2.22. The average molecular weight is 300 g/mol. The van der Waals surface area contributed by atoms with E-state index in [2.05, 4.69) is 0 Å². The van der Waals surface area contributed by atoms with Gasteiger partial charge in [0.15, 0.2) is 0 Å². The summed E-state index contributed by atoms with van der Waals surface area (Å²) in [4.78, 5) is 34.5. The van der Waals surface area contributed by atoms with Gasteiger partial charge >= 0.3 is 5.97 Å². The van der Waals surface area contributed by atoms with E-state index < -0.39 is 23.0 Å². The molecule has 2 aromatic rings. The second kappa shape index (κ2) is 6.26. The van der Waals surface area contributed by atoms with Crippen LogP contribution in [0.2, 0.25) is 0 Å². The Balaban J connectivity index is 2.63. The number of aryl methyl sites for hydroxylation is 1. The van der Waals surface area contributed by atoms with Crippen molar-refractivity contribution in [3.63, 3.8) is 0 Å². The van der Waals surface area contributed by atoms with Crippen molar-refractivity contribution in [2.75, 3.05) is 0 Å². The lowest BCUT2D eigenvalue weighted by Gasteiger charge is -2.13. The van der Waals surface area contributed by atoms with Crippen molar-refractivity contribution in [1.29, 1.82) is 0 Å². The largest absolute Gasteiger partial charge is 0.477 e.